The van der Waals surface area contributed by atoms with Gasteiger partial charge in [0.05, 0.1) is 0 Å². The highest BCUT2D eigenvalue weighted by atomic mass is 16.4. The Labute approximate surface area is 79.6 Å². The lowest BCUT2D eigenvalue weighted by atomic mass is 9.96. The van der Waals surface area contributed by atoms with Crippen molar-refractivity contribution in [3.63, 3.8) is 0 Å². The fraction of sp³-hybridized carbons (Fsp3) is 0.700. The lowest BCUT2D eigenvalue weighted by Crippen LogP contribution is -2.15. The van der Waals surface area contributed by atoms with Crippen molar-refractivity contribution in [3.05, 3.63) is 11.6 Å². The lowest BCUT2D eigenvalue weighted by molar-refractivity contribution is -0.131. The predicted molar refractivity (Wildman–Crippen MR) is 53.4 cm³/mol. The molecule has 0 amide bonds. The largest absolute Gasteiger partial charge is 0.478 e. The topological polar surface area (TPSA) is 63.3 Å². The van der Waals surface area contributed by atoms with Crippen molar-refractivity contribution in [2.45, 2.75) is 39.7 Å². The summed E-state index contributed by atoms with van der Waals surface area (Å²) in [5.41, 5.74) is 6.56. The highest BCUT2D eigenvalue weighted by Crippen LogP contribution is 2.16. The second-order valence-corrected chi connectivity index (χ2v) is 3.73. The first-order valence-electron chi connectivity index (χ1n) is 4.62. The third-order valence-electron chi connectivity index (χ3n) is 1.94. The number of hydrogen-bond acceptors (Lipinski definition) is 2. The van der Waals surface area contributed by atoms with E-state index in [9.17, 15) is 4.79 Å². The minimum Gasteiger partial charge on any atom is -0.478 e. The molecule has 3 N–H and O–H groups in total. The Bertz CT molecular complexity index is 195. The molecule has 0 bridgehead atoms. The van der Waals surface area contributed by atoms with Gasteiger partial charge in [0.15, 0.2) is 0 Å². The van der Waals surface area contributed by atoms with Gasteiger partial charge in [-0.25, -0.2) is 4.79 Å². The molecule has 0 saturated heterocycles. The average Bonchev–Trinajstić information content (AvgIpc) is 1.96. The van der Waals surface area contributed by atoms with Crippen molar-refractivity contribution < 1.29 is 9.90 Å². The molecule has 0 rings (SSSR count). The number of carbonyl (C=O) groups is 1. The van der Waals surface area contributed by atoms with Gasteiger partial charge in [0, 0.05) is 12.1 Å². The van der Waals surface area contributed by atoms with Crippen LogP contribution in [0.2, 0.25) is 0 Å². The third-order valence-corrected chi connectivity index (χ3v) is 1.94. The molecule has 0 fully saturated rings. The van der Waals surface area contributed by atoms with Crippen LogP contribution in [0.15, 0.2) is 11.6 Å². The Morgan fingerprint density at radius 1 is 1.46 bits per heavy atom. The molecule has 0 aliphatic rings. The van der Waals surface area contributed by atoms with Crippen molar-refractivity contribution >= 4 is 5.97 Å². The van der Waals surface area contributed by atoms with Crippen molar-refractivity contribution in [2.24, 2.45) is 11.7 Å². The quantitative estimate of drug-likeness (QED) is 0.642. The summed E-state index contributed by atoms with van der Waals surface area (Å²) >= 11 is 0. The summed E-state index contributed by atoms with van der Waals surface area (Å²) in [6, 6.07) is 0.135. The van der Waals surface area contributed by atoms with Crippen LogP contribution >= 0.6 is 0 Å². The molecule has 0 aromatic carbocycles. The van der Waals surface area contributed by atoms with Gasteiger partial charge in [-0.3, -0.25) is 0 Å². The Hall–Kier alpha value is -0.830. The van der Waals surface area contributed by atoms with Gasteiger partial charge in [-0.1, -0.05) is 19.4 Å². The van der Waals surface area contributed by atoms with Crippen molar-refractivity contribution in [3.8, 4) is 0 Å². The minimum atomic E-state index is -0.867. The van der Waals surface area contributed by atoms with Gasteiger partial charge < -0.3 is 10.8 Å². The smallest absolute Gasteiger partial charge is 0.328 e. The van der Waals surface area contributed by atoms with Crippen LogP contribution in [-0.2, 0) is 4.79 Å². The Balaban J connectivity index is 4.19. The maximum atomic E-state index is 10.5. The second kappa shape index (κ2) is 5.75. The predicted octanol–water partition coefficient (Wildman–Crippen LogP) is 1.78. The van der Waals surface area contributed by atoms with Crippen LogP contribution in [0.5, 0.6) is 0 Å². The number of rotatable bonds is 5. The zero-order chi connectivity index (χ0) is 10.4. The van der Waals surface area contributed by atoms with Gasteiger partial charge >= 0.3 is 5.97 Å². The SMILES string of the molecule is CC(N)CC/C(=C\C(=O)O)C(C)C. The van der Waals surface area contributed by atoms with E-state index in [1.165, 1.54) is 6.08 Å². The normalized spacial score (nSPS) is 14.7. The molecule has 0 aliphatic heterocycles. The Kier molecular flexibility index (Phi) is 5.39. The van der Waals surface area contributed by atoms with Crippen molar-refractivity contribution in [1.82, 2.24) is 0 Å². The summed E-state index contributed by atoms with van der Waals surface area (Å²) < 4.78 is 0. The van der Waals surface area contributed by atoms with Crippen molar-refractivity contribution in [2.75, 3.05) is 0 Å². The minimum absolute atomic E-state index is 0.135. The molecular formula is C10H19NO2. The average molecular weight is 185 g/mol. The molecule has 76 valence electrons. The van der Waals surface area contributed by atoms with E-state index in [0.29, 0.717) is 0 Å². The second-order valence-electron chi connectivity index (χ2n) is 3.73. The first kappa shape index (κ1) is 12.2. The first-order valence-corrected chi connectivity index (χ1v) is 4.62. The molecule has 0 aromatic heterocycles. The molecule has 3 nitrogen and oxygen atoms in total. The van der Waals surface area contributed by atoms with Gasteiger partial charge in [-0.15, -0.1) is 0 Å². The molecular weight excluding hydrogens is 166 g/mol. The fourth-order valence-electron chi connectivity index (χ4n) is 1.08. The van der Waals surface area contributed by atoms with E-state index in [1.807, 2.05) is 20.8 Å². The van der Waals surface area contributed by atoms with E-state index in [-0.39, 0.29) is 12.0 Å². The van der Waals surface area contributed by atoms with Gasteiger partial charge in [-0.05, 0) is 25.7 Å². The molecule has 1 unspecified atom stereocenters. The monoisotopic (exact) mass is 185 g/mol. The van der Waals surface area contributed by atoms with Crippen LogP contribution in [0, 0.1) is 5.92 Å². The molecule has 0 spiro atoms. The highest BCUT2D eigenvalue weighted by Gasteiger charge is 2.06. The summed E-state index contributed by atoms with van der Waals surface area (Å²) in [6.45, 7) is 5.92. The Morgan fingerprint density at radius 3 is 2.31 bits per heavy atom. The first-order chi connectivity index (χ1) is 5.93. The van der Waals surface area contributed by atoms with Gasteiger partial charge in [0.2, 0.25) is 0 Å². The molecule has 0 aliphatic carbocycles. The maximum Gasteiger partial charge on any atom is 0.328 e. The van der Waals surface area contributed by atoms with Gasteiger partial charge in [-0.2, -0.15) is 0 Å². The van der Waals surface area contributed by atoms with Crippen LogP contribution in [0.3, 0.4) is 0 Å². The summed E-state index contributed by atoms with van der Waals surface area (Å²) in [6.07, 6.45) is 2.92. The Morgan fingerprint density at radius 2 is 2.00 bits per heavy atom. The molecule has 0 radical (unpaired) electrons. The van der Waals surface area contributed by atoms with Crippen LogP contribution in [0.1, 0.15) is 33.6 Å². The molecule has 13 heavy (non-hydrogen) atoms. The van der Waals surface area contributed by atoms with E-state index >= 15 is 0 Å². The van der Waals surface area contributed by atoms with Crippen LogP contribution < -0.4 is 5.73 Å². The summed E-state index contributed by atoms with van der Waals surface area (Å²) in [5, 5.41) is 8.59. The van der Waals surface area contributed by atoms with E-state index in [1.54, 1.807) is 0 Å². The highest BCUT2D eigenvalue weighted by molar-refractivity contribution is 5.80. The summed E-state index contributed by atoms with van der Waals surface area (Å²) in [7, 11) is 0. The molecule has 0 saturated carbocycles. The lowest BCUT2D eigenvalue weighted by Gasteiger charge is -2.11. The van der Waals surface area contributed by atoms with Crippen molar-refractivity contribution in [1.29, 1.82) is 0 Å². The van der Waals surface area contributed by atoms with E-state index in [2.05, 4.69) is 0 Å². The number of aliphatic carboxylic acids is 1. The van der Waals surface area contributed by atoms with Gasteiger partial charge in [0.25, 0.3) is 0 Å². The van der Waals surface area contributed by atoms with Crippen LogP contribution in [0.4, 0.5) is 0 Å². The number of carboxylic acid groups (broad SMARTS) is 1. The fourth-order valence-corrected chi connectivity index (χ4v) is 1.08. The van der Waals surface area contributed by atoms with Crippen LogP contribution in [-0.4, -0.2) is 17.1 Å². The maximum absolute atomic E-state index is 10.5. The third kappa shape index (κ3) is 6.34. The zero-order valence-corrected chi connectivity index (χ0v) is 8.58. The summed E-state index contributed by atoms with van der Waals surface area (Å²) in [5.74, 6) is -0.580. The molecule has 0 aromatic rings. The number of hydrogen-bond donors (Lipinski definition) is 2. The van der Waals surface area contributed by atoms with Crippen LogP contribution in [0.25, 0.3) is 0 Å². The number of carboxylic acids is 1. The standard InChI is InChI=1S/C10H19NO2/c1-7(2)9(6-10(12)13)5-4-8(3)11/h6-8H,4-5,11H2,1-3H3,(H,12,13)/b9-6+. The van der Waals surface area contributed by atoms with Gasteiger partial charge in [0.1, 0.15) is 0 Å². The number of nitrogens with two attached hydrogens (primary N) is 1. The van der Waals surface area contributed by atoms with E-state index in [0.717, 1.165) is 18.4 Å². The molecule has 1 atom stereocenters. The van der Waals surface area contributed by atoms with E-state index in [4.69, 9.17) is 10.8 Å². The zero-order valence-electron chi connectivity index (χ0n) is 8.58. The van der Waals surface area contributed by atoms with E-state index < -0.39 is 5.97 Å². The number of allylic oxidation sites excluding steroid dienone is 1. The summed E-state index contributed by atoms with van der Waals surface area (Å²) in [4.78, 5) is 10.5. The molecule has 3 heteroatoms. The molecule has 0 heterocycles.